The lowest BCUT2D eigenvalue weighted by Crippen LogP contribution is -2.17. The molecule has 1 unspecified atom stereocenters. The van der Waals surface area contributed by atoms with E-state index in [0.717, 1.165) is 11.3 Å². The van der Waals surface area contributed by atoms with Gasteiger partial charge >= 0.3 is 0 Å². The third-order valence-electron chi connectivity index (χ3n) is 5.42. The van der Waals surface area contributed by atoms with Gasteiger partial charge in [-0.3, -0.25) is 5.10 Å². The van der Waals surface area contributed by atoms with Crippen LogP contribution in [0.1, 0.15) is 56.4 Å². The Morgan fingerprint density at radius 1 is 1.00 bits per heavy atom. The van der Waals surface area contributed by atoms with Crippen LogP contribution in [0.25, 0.3) is 22.8 Å². The molecule has 0 aliphatic rings. The molecule has 0 aliphatic heterocycles. The molecular weight excluding hydrogens is 426 g/mol. The smallest absolute Gasteiger partial charge is 0.199 e. The Morgan fingerprint density at radius 2 is 1.70 bits per heavy atom. The summed E-state index contributed by atoms with van der Waals surface area (Å²) in [6.45, 7) is 7.12. The van der Waals surface area contributed by atoms with Crippen LogP contribution in [0.15, 0.2) is 42.5 Å². The Hall–Kier alpha value is -3.59. The maximum atomic E-state index is 14.2. The summed E-state index contributed by atoms with van der Waals surface area (Å²) >= 11 is 0. The molecule has 7 nitrogen and oxygen atoms in total. The Kier molecular flexibility index (Phi) is 5.99. The van der Waals surface area contributed by atoms with E-state index in [1.165, 1.54) is 18.2 Å². The first kappa shape index (κ1) is 22.6. The van der Waals surface area contributed by atoms with E-state index >= 15 is 0 Å². The molecule has 0 fully saturated rings. The number of nitrogens with one attached hydrogen (secondary N) is 1. The molecule has 33 heavy (non-hydrogen) atoms. The van der Waals surface area contributed by atoms with Crippen molar-refractivity contribution in [2.75, 3.05) is 0 Å². The lowest BCUT2D eigenvalue weighted by molar-refractivity contribution is 0.0692. The second-order valence-electron chi connectivity index (χ2n) is 8.33. The number of hydrogen-bond donors (Lipinski definition) is 2. The normalized spacial score (nSPS) is 12.7. The number of aromatic amines is 1. The lowest BCUT2D eigenvalue weighted by Gasteiger charge is -2.15. The van der Waals surface area contributed by atoms with Crippen molar-refractivity contribution in [1.29, 1.82) is 0 Å². The molecule has 0 saturated heterocycles. The van der Waals surface area contributed by atoms with E-state index in [2.05, 4.69) is 30.4 Å². The van der Waals surface area contributed by atoms with E-state index < -0.39 is 17.2 Å². The number of aromatic nitrogens is 6. The number of nitrogens with zero attached hydrogens (tertiary/aromatic N) is 5. The van der Waals surface area contributed by atoms with E-state index in [1.54, 1.807) is 26.0 Å². The highest BCUT2D eigenvalue weighted by molar-refractivity contribution is 5.61. The molecule has 0 aliphatic carbocycles. The van der Waals surface area contributed by atoms with Crippen LogP contribution in [0.3, 0.4) is 0 Å². The Balaban J connectivity index is 1.69. The van der Waals surface area contributed by atoms with Crippen LogP contribution in [0.4, 0.5) is 8.78 Å². The van der Waals surface area contributed by atoms with Gasteiger partial charge in [0.15, 0.2) is 11.6 Å². The predicted octanol–water partition coefficient (Wildman–Crippen LogP) is 4.54. The fourth-order valence-electron chi connectivity index (χ4n) is 3.56. The Bertz CT molecular complexity index is 1280. The molecule has 0 saturated carbocycles. The van der Waals surface area contributed by atoms with Crippen LogP contribution in [-0.4, -0.2) is 35.5 Å². The number of H-pyrrole nitrogens is 1. The maximum absolute atomic E-state index is 14.2. The van der Waals surface area contributed by atoms with Crippen molar-refractivity contribution in [1.82, 2.24) is 30.4 Å². The topological polar surface area (TPSA) is 100 Å². The van der Waals surface area contributed by atoms with Crippen LogP contribution in [0.2, 0.25) is 0 Å². The molecule has 0 bridgehead atoms. The van der Waals surface area contributed by atoms with Gasteiger partial charge in [0.1, 0.15) is 22.9 Å². The van der Waals surface area contributed by atoms with Crippen molar-refractivity contribution in [2.45, 2.75) is 45.6 Å². The summed E-state index contributed by atoms with van der Waals surface area (Å²) < 4.78 is 28.5. The van der Waals surface area contributed by atoms with Gasteiger partial charge in [0.2, 0.25) is 0 Å². The molecule has 9 heteroatoms. The van der Waals surface area contributed by atoms with Crippen LogP contribution in [0.5, 0.6) is 0 Å². The summed E-state index contributed by atoms with van der Waals surface area (Å²) in [5, 5.41) is 25.5. The highest BCUT2D eigenvalue weighted by Crippen LogP contribution is 2.30. The van der Waals surface area contributed by atoms with Crippen LogP contribution < -0.4 is 0 Å². The molecule has 4 aromatic rings. The zero-order valence-electron chi connectivity index (χ0n) is 18.8. The molecule has 1 aromatic carbocycles. The van der Waals surface area contributed by atoms with Crippen molar-refractivity contribution in [3.63, 3.8) is 0 Å². The third-order valence-corrected chi connectivity index (χ3v) is 5.42. The Labute approximate surface area is 190 Å². The first-order valence-corrected chi connectivity index (χ1v) is 10.6. The van der Waals surface area contributed by atoms with Crippen molar-refractivity contribution >= 4 is 0 Å². The second-order valence-corrected chi connectivity index (χ2v) is 8.33. The predicted molar refractivity (Wildman–Crippen MR) is 119 cm³/mol. The van der Waals surface area contributed by atoms with Crippen molar-refractivity contribution in [2.24, 2.45) is 0 Å². The van der Waals surface area contributed by atoms with Gasteiger partial charge in [-0.05, 0) is 56.2 Å². The molecule has 4 rings (SSSR count). The molecule has 3 heterocycles. The summed E-state index contributed by atoms with van der Waals surface area (Å²) in [4.78, 5) is 9.03. The number of aliphatic hydroxyl groups is 1. The third kappa shape index (κ3) is 4.49. The number of aryl methyl sites for hydroxylation is 1. The van der Waals surface area contributed by atoms with E-state index in [0.29, 0.717) is 29.5 Å². The van der Waals surface area contributed by atoms with Crippen LogP contribution >= 0.6 is 0 Å². The van der Waals surface area contributed by atoms with Gasteiger partial charge in [-0.25, -0.2) is 18.7 Å². The lowest BCUT2D eigenvalue weighted by atomic mass is 9.96. The van der Waals surface area contributed by atoms with Gasteiger partial charge in [-0.15, -0.1) is 0 Å². The monoisotopic (exact) mass is 450 g/mol. The quantitative estimate of drug-likeness (QED) is 0.447. The van der Waals surface area contributed by atoms with Crippen molar-refractivity contribution < 1.29 is 13.9 Å². The molecule has 170 valence electrons. The molecule has 0 radical (unpaired) electrons. The summed E-state index contributed by atoms with van der Waals surface area (Å²) in [5.41, 5.74) is 1.57. The first-order valence-electron chi connectivity index (χ1n) is 10.6. The zero-order chi connectivity index (χ0) is 23.8. The van der Waals surface area contributed by atoms with Gasteiger partial charge in [-0.1, -0.05) is 26.0 Å². The fraction of sp³-hybridized carbons (Fsp3) is 0.292. The Morgan fingerprint density at radius 3 is 2.33 bits per heavy atom. The van der Waals surface area contributed by atoms with Crippen molar-refractivity contribution in [3.05, 3.63) is 76.9 Å². The second kappa shape index (κ2) is 8.74. The average Bonchev–Trinajstić information content (AvgIpc) is 3.30. The molecular formula is C24H24F2N6O. The number of halogens is 2. The average molecular weight is 450 g/mol. The molecule has 2 N–H and O–H groups in total. The SMILES string of the molecule is CCc1cc(-c2c(F)cccc2F)nnc1C(C)c1cccc(-c2n[nH]c(C(C)(C)O)n2)n1. The van der Waals surface area contributed by atoms with Gasteiger partial charge in [0.25, 0.3) is 0 Å². The first-order chi connectivity index (χ1) is 15.7. The molecule has 0 amide bonds. The molecule has 1 atom stereocenters. The summed E-state index contributed by atoms with van der Waals surface area (Å²) in [6.07, 6.45) is 0.605. The molecule has 0 spiro atoms. The van der Waals surface area contributed by atoms with Gasteiger partial charge in [0.05, 0.1) is 22.6 Å². The largest absolute Gasteiger partial charge is 0.382 e. The van der Waals surface area contributed by atoms with Crippen molar-refractivity contribution in [3.8, 4) is 22.8 Å². The van der Waals surface area contributed by atoms with Crippen LogP contribution in [-0.2, 0) is 12.0 Å². The number of pyridine rings is 1. The highest BCUT2D eigenvalue weighted by atomic mass is 19.1. The highest BCUT2D eigenvalue weighted by Gasteiger charge is 2.23. The van der Waals surface area contributed by atoms with Gasteiger partial charge in [-0.2, -0.15) is 15.3 Å². The fourth-order valence-corrected chi connectivity index (χ4v) is 3.56. The summed E-state index contributed by atoms with van der Waals surface area (Å²) in [6, 6.07) is 10.9. The number of rotatable bonds is 6. The van der Waals surface area contributed by atoms with E-state index in [4.69, 9.17) is 0 Å². The van der Waals surface area contributed by atoms with E-state index in [9.17, 15) is 13.9 Å². The summed E-state index contributed by atoms with van der Waals surface area (Å²) in [5.74, 6) is -0.891. The standard InChI is InChI=1S/C24H24F2N6O/c1-5-14-12-19(20-15(25)8-6-9-16(20)26)29-30-21(14)13(2)17-10-7-11-18(27-17)22-28-23(32-31-22)24(3,4)33/h6-13,33H,5H2,1-4H3,(H,28,31,32). The number of benzene rings is 1. The van der Waals surface area contributed by atoms with E-state index in [-0.39, 0.29) is 17.2 Å². The molecule has 3 aromatic heterocycles. The minimum atomic E-state index is -1.15. The number of hydrogen-bond acceptors (Lipinski definition) is 6. The maximum Gasteiger partial charge on any atom is 0.199 e. The summed E-state index contributed by atoms with van der Waals surface area (Å²) in [7, 11) is 0. The van der Waals surface area contributed by atoms with Crippen LogP contribution in [0, 0.1) is 11.6 Å². The van der Waals surface area contributed by atoms with Gasteiger partial charge < -0.3 is 5.11 Å². The van der Waals surface area contributed by atoms with Gasteiger partial charge in [0, 0.05) is 5.92 Å². The minimum Gasteiger partial charge on any atom is -0.382 e. The minimum absolute atomic E-state index is 0.153. The van der Waals surface area contributed by atoms with E-state index in [1.807, 2.05) is 26.0 Å². The zero-order valence-corrected chi connectivity index (χ0v) is 18.8.